The normalized spacial score (nSPS) is 49.7. The van der Waals surface area contributed by atoms with Crippen molar-refractivity contribution in [1.29, 1.82) is 0 Å². The van der Waals surface area contributed by atoms with Crippen molar-refractivity contribution >= 4 is 11.9 Å². The molecule has 64 valence electrons. The number of ether oxygens (including phenoxy) is 1. The maximum Gasteiger partial charge on any atom is 0.317 e. The van der Waals surface area contributed by atoms with Gasteiger partial charge in [-0.15, -0.1) is 0 Å². The van der Waals surface area contributed by atoms with Crippen LogP contribution in [-0.4, -0.2) is 11.9 Å². The smallest absolute Gasteiger partial charge is 0.317 e. The van der Waals surface area contributed by atoms with Crippen molar-refractivity contribution in [3.8, 4) is 0 Å². The topological polar surface area (TPSA) is 43.4 Å². The number of hydrogen-bond donors (Lipinski definition) is 0. The van der Waals surface area contributed by atoms with Gasteiger partial charge in [-0.05, 0) is 31.1 Å². The number of rotatable bonds is 0. The highest BCUT2D eigenvalue weighted by atomic mass is 16.6. The number of cyclic esters (lactones) is 2. The first-order valence-corrected chi connectivity index (χ1v) is 4.53. The van der Waals surface area contributed by atoms with Crippen LogP contribution in [0.4, 0.5) is 0 Å². The number of carbonyl (C=O) groups is 2. The molecule has 3 fully saturated rings. The van der Waals surface area contributed by atoms with E-state index in [1.54, 1.807) is 0 Å². The zero-order chi connectivity index (χ0) is 8.29. The molecule has 1 heterocycles. The second-order valence-corrected chi connectivity index (χ2v) is 4.12. The molecular weight excluding hydrogens is 156 g/mol. The largest absolute Gasteiger partial charge is 0.393 e. The van der Waals surface area contributed by atoms with Crippen molar-refractivity contribution in [2.75, 3.05) is 0 Å². The highest BCUT2D eigenvalue weighted by Gasteiger charge is 2.59. The summed E-state index contributed by atoms with van der Waals surface area (Å²) in [6.07, 6.45) is 3.32. The van der Waals surface area contributed by atoms with Gasteiger partial charge in [-0.25, -0.2) is 0 Å². The van der Waals surface area contributed by atoms with Gasteiger partial charge in [0, 0.05) is 0 Å². The number of esters is 2. The second kappa shape index (κ2) is 1.90. The molecule has 1 unspecified atom stereocenters. The maximum atomic E-state index is 11.2. The van der Waals surface area contributed by atoms with E-state index in [1.807, 2.05) is 0 Å². The van der Waals surface area contributed by atoms with Gasteiger partial charge in [0.2, 0.25) is 0 Å². The predicted molar refractivity (Wildman–Crippen MR) is 38.9 cm³/mol. The van der Waals surface area contributed by atoms with E-state index in [2.05, 4.69) is 4.74 Å². The molecule has 0 N–H and O–H groups in total. The molecule has 3 aliphatic rings. The van der Waals surface area contributed by atoms with Gasteiger partial charge in [-0.2, -0.15) is 0 Å². The fraction of sp³-hybridized carbons (Fsp3) is 0.778. The van der Waals surface area contributed by atoms with Crippen molar-refractivity contribution in [1.82, 2.24) is 0 Å². The van der Waals surface area contributed by atoms with Crippen LogP contribution in [0.5, 0.6) is 0 Å². The minimum atomic E-state index is -0.253. The molecule has 3 rings (SSSR count). The quantitative estimate of drug-likeness (QED) is 0.393. The molecule has 4 atom stereocenters. The van der Waals surface area contributed by atoms with Crippen molar-refractivity contribution in [2.24, 2.45) is 23.7 Å². The summed E-state index contributed by atoms with van der Waals surface area (Å²) in [7, 11) is 0. The first-order valence-electron chi connectivity index (χ1n) is 4.53. The molecule has 2 bridgehead atoms. The molecule has 0 aromatic carbocycles. The van der Waals surface area contributed by atoms with Crippen molar-refractivity contribution in [3.63, 3.8) is 0 Å². The minimum Gasteiger partial charge on any atom is -0.393 e. The minimum absolute atomic E-state index is 0.0590. The molecule has 0 aromatic heterocycles. The van der Waals surface area contributed by atoms with Gasteiger partial charge in [0.25, 0.3) is 0 Å². The molecule has 1 aliphatic heterocycles. The molecule has 0 radical (unpaired) electrons. The van der Waals surface area contributed by atoms with Crippen molar-refractivity contribution < 1.29 is 14.3 Å². The Kier molecular flexibility index (Phi) is 1.05. The van der Waals surface area contributed by atoms with Gasteiger partial charge >= 0.3 is 11.9 Å². The van der Waals surface area contributed by atoms with Gasteiger partial charge in [0.1, 0.15) is 0 Å². The fourth-order valence-corrected chi connectivity index (χ4v) is 3.20. The third kappa shape index (κ3) is 0.586. The predicted octanol–water partition coefficient (Wildman–Crippen LogP) is 0.732. The number of carbonyl (C=O) groups excluding carboxylic acids is 2. The first-order chi connectivity index (χ1) is 5.77. The average Bonchev–Trinajstić information content (AvgIpc) is 2.64. The van der Waals surface area contributed by atoms with E-state index in [4.69, 9.17) is 0 Å². The summed E-state index contributed by atoms with van der Waals surface area (Å²) in [5.74, 6) is 0.291. The summed E-state index contributed by atoms with van der Waals surface area (Å²) in [4.78, 5) is 22.4. The standard InChI is InChI=1S/C9H10O3/c10-8-6-4-1-2-5(3-4)7(6)9(11)12-8/h4-7H,1-3H2/t4-,5+,6-,7?/m0/s1. The van der Waals surface area contributed by atoms with Gasteiger partial charge in [-0.3, -0.25) is 9.59 Å². The Labute approximate surface area is 70.1 Å². The summed E-state index contributed by atoms with van der Waals surface area (Å²) < 4.78 is 4.63. The Morgan fingerprint density at radius 2 is 1.50 bits per heavy atom. The summed E-state index contributed by atoms with van der Waals surface area (Å²) in [6, 6.07) is 0. The van der Waals surface area contributed by atoms with Crippen LogP contribution in [0.25, 0.3) is 0 Å². The summed E-state index contributed by atoms with van der Waals surface area (Å²) in [6.45, 7) is 0. The van der Waals surface area contributed by atoms with Crippen molar-refractivity contribution in [2.45, 2.75) is 19.3 Å². The van der Waals surface area contributed by atoms with E-state index in [0.717, 1.165) is 19.3 Å². The second-order valence-electron chi connectivity index (χ2n) is 4.12. The van der Waals surface area contributed by atoms with Gasteiger partial charge in [0.15, 0.2) is 0 Å². The van der Waals surface area contributed by atoms with Crippen LogP contribution in [0.15, 0.2) is 0 Å². The van der Waals surface area contributed by atoms with E-state index in [9.17, 15) is 9.59 Å². The Morgan fingerprint density at radius 3 is 2.00 bits per heavy atom. The Hall–Kier alpha value is -0.860. The zero-order valence-corrected chi connectivity index (χ0v) is 6.66. The van der Waals surface area contributed by atoms with Crippen LogP contribution in [-0.2, 0) is 14.3 Å². The van der Waals surface area contributed by atoms with Gasteiger partial charge in [-0.1, -0.05) is 0 Å². The van der Waals surface area contributed by atoms with E-state index >= 15 is 0 Å². The van der Waals surface area contributed by atoms with Crippen molar-refractivity contribution in [3.05, 3.63) is 0 Å². The third-order valence-electron chi connectivity index (χ3n) is 3.66. The molecule has 0 spiro atoms. The molecule has 0 aromatic rings. The van der Waals surface area contributed by atoms with Gasteiger partial charge < -0.3 is 4.74 Å². The van der Waals surface area contributed by atoms with E-state index in [1.165, 1.54) is 0 Å². The van der Waals surface area contributed by atoms with E-state index in [0.29, 0.717) is 11.8 Å². The van der Waals surface area contributed by atoms with Crippen LogP contribution < -0.4 is 0 Å². The van der Waals surface area contributed by atoms with Gasteiger partial charge in [0.05, 0.1) is 11.8 Å². The molecular formula is C9H10O3. The molecule has 3 nitrogen and oxygen atoms in total. The highest BCUT2D eigenvalue weighted by molar-refractivity contribution is 5.97. The lowest BCUT2D eigenvalue weighted by Gasteiger charge is -2.17. The molecule has 1 saturated heterocycles. The number of hydrogen-bond acceptors (Lipinski definition) is 3. The molecule has 2 saturated carbocycles. The summed E-state index contributed by atoms with van der Waals surface area (Å²) in [5, 5.41) is 0. The molecule has 2 aliphatic carbocycles. The first kappa shape index (κ1) is 6.63. The van der Waals surface area contributed by atoms with E-state index in [-0.39, 0.29) is 23.8 Å². The van der Waals surface area contributed by atoms with Crippen LogP contribution >= 0.6 is 0 Å². The maximum absolute atomic E-state index is 11.2. The monoisotopic (exact) mass is 166 g/mol. The van der Waals surface area contributed by atoms with Crippen LogP contribution in [0.2, 0.25) is 0 Å². The SMILES string of the molecule is O=C1OC(=O)[C@@H]2C1[C@@H]1CC[C@H]2C1. The van der Waals surface area contributed by atoms with Crippen LogP contribution in [0, 0.1) is 23.7 Å². The number of fused-ring (bicyclic) bond motifs is 5. The fourth-order valence-electron chi connectivity index (χ4n) is 3.20. The lowest BCUT2D eigenvalue weighted by Crippen LogP contribution is -2.24. The zero-order valence-electron chi connectivity index (χ0n) is 6.66. The Balaban J connectivity index is 2.03. The Morgan fingerprint density at radius 1 is 1.00 bits per heavy atom. The lowest BCUT2D eigenvalue weighted by atomic mass is 9.81. The van der Waals surface area contributed by atoms with Crippen LogP contribution in [0.1, 0.15) is 19.3 Å². The molecule has 3 heteroatoms. The highest BCUT2D eigenvalue weighted by Crippen LogP contribution is 2.55. The van der Waals surface area contributed by atoms with E-state index < -0.39 is 0 Å². The lowest BCUT2D eigenvalue weighted by molar-refractivity contribution is -0.154. The Bertz CT molecular complexity index is 245. The molecule has 12 heavy (non-hydrogen) atoms. The van der Waals surface area contributed by atoms with Crippen LogP contribution in [0.3, 0.4) is 0 Å². The average molecular weight is 166 g/mol. The summed E-state index contributed by atoms with van der Waals surface area (Å²) in [5.41, 5.74) is 0. The molecule has 0 amide bonds. The summed E-state index contributed by atoms with van der Waals surface area (Å²) >= 11 is 0. The third-order valence-corrected chi connectivity index (χ3v) is 3.66.